The van der Waals surface area contributed by atoms with Gasteiger partial charge >= 0.3 is 37.7 Å². The van der Waals surface area contributed by atoms with Crippen LogP contribution in [0.25, 0.3) is 0 Å². The fourth-order valence-corrected chi connectivity index (χ4v) is 0.408. The van der Waals surface area contributed by atoms with Crippen molar-refractivity contribution < 1.29 is 2.85 Å². The molecule has 0 amide bonds. The molecule has 1 aromatic rings. The SMILES string of the molecule is [Ca+2].[H-].[H-].c1csnn1. The van der Waals surface area contributed by atoms with Crippen LogP contribution in [0, 0.1) is 0 Å². The average molecular weight is 128 g/mol. The summed E-state index contributed by atoms with van der Waals surface area (Å²) >= 11 is 1.35. The molecular weight excluding hydrogens is 124 g/mol. The predicted octanol–water partition coefficient (Wildman–Crippen LogP) is 0.382. The molecule has 1 heterocycles. The van der Waals surface area contributed by atoms with Crippen molar-refractivity contribution in [2.75, 3.05) is 0 Å². The Kier molecular flexibility index (Phi) is 4.54. The Morgan fingerprint density at radius 3 is 2.67 bits per heavy atom. The Bertz CT molecular complexity index is 74.5. The van der Waals surface area contributed by atoms with Crippen LogP contribution in [0.5, 0.6) is 0 Å². The van der Waals surface area contributed by atoms with Crippen LogP contribution in [-0.2, 0) is 0 Å². The first-order chi connectivity index (χ1) is 2.50. The van der Waals surface area contributed by atoms with Crippen molar-refractivity contribution in [1.82, 2.24) is 9.59 Å². The van der Waals surface area contributed by atoms with Crippen molar-refractivity contribution >= 4 is 49.3 Å². The first-order valence-corrected chi connectivity index (χ1v) is 2.05. The third-order valence-electron chi connectivity index (χ3n) is 0.283. The number of rotatable bonds is 0. The van der Waals surface area contributed by atoms with Crippen molar-refractivity contribution in [2.45, 2.75) is 0 Å². The van der Waals surface area contributed by atoms with Gasteiger partial charge < -0.3 is 2.85 Å². The van der Waals surface area contributed by atoms with E-state index in [2.05, 4.69) is 9.59 Å². The van der Waals surface area contributed by atoms with Crippen LogP contribution in [-0.4, -0.2) is 47.3 Å². The van der Waals surface area contributed by atoms with Crippen LogP contribution in [0.3, 0.4) is 0 Å². The molecule has 0 aliphatic carbocycles. The summed E-state index contributed by atoms with van der Waals surface area (Å²) in [6.07, 6.45) is 1.66. The second kappa shape index (κ2) is 3.99. The van der Waals surface area contributed by atoms with Gasteiger partial charge in [0.1, 0.15) is 0 Å². The molecule has 4 heteroatoms. The summed E-state index contributed by atoms with van der Waals surface area (Å²) in [6.45, 7) is 0. The molecule has 0 bridgehead atoms. The van der Waals surface area contributed by atoms with E-state index in [0.717, 1.165) is 0 Å². The average Bonchev–Trinajstić information content (AvgIpc) is 1.76. The van der Waals surface area contributed by atoms with Gasteiger partial charge in [0, 0.05) is 5.38 Å². The molecule has 30 valence electrons. The molecule has 0 saturated heterocycles. The van der Waals surface area contributed by atoms with Gasteiger partial charge in [-0.3, -0.25) is 0 Å². The van der Waals surface area contributed by atoms with Gasteiger partial charge in [0.2, 0.25) is 0 Å². The monoisotopic (exact) mass is 128 g/mol. The number of nitrogens with zero attached hydrogens (tertiary/aromatic N) is 2. The molecule has 1 rings (SSSR count). The minimum absolute atomic E-state index is 0. The normalized spacial score (nSPS) is 6.67. The molecule has 0 unspecified atom stereocenters. The zero-order valence-electron chi connectivity index (χ0n) is 5.16. The maximum absolute atomic E-state index is 3.51. The van der Waals surface area contributed by atoms with E-state index < -0.39 is 0 Å². The summed E-state index contributed by atoms with van der Waals surface area (Å²) in [4.78, 5) is 0. The van der Waals surface area contributed by atoms with Gasteiger partial charge in [-0.1, -0.05) is 4.49 Å². The molecule has 0 fully saturated rings. The summed E-state index contributed by atoms with van der Waals surface area (Å²) in [7, 11) is 0. The maximum atomic E-state index is 3.51. The Balaban J connectivity index is -0.0000000833. The van der Waals surface area contributed by atoms with Gasteiger partial charge in [0.15, 0.2) is 0 Å². The van der Waals surface area contributed by atoms with Gasteiger partial charge in [-0.15, -0.1) is 5.10 Å². The first kappa shape index (κ1) is 6.82. The second-order valence-electron chi connectivity index (χ2n) is 0.588. The molecule has 0 saturated carbocycles. The summed E-state index contributed by atoms with van der Waals surface area (Å²) in [5, 5.41) is 5.31. The van der Waals surface area contributed by atoms with E-state index in [4.69, 9.17) is 0 Å². The fourth-order valence-electron chi connectivity index (χ4n) is 0.136. The molecule has 0 atom stereocenters. The quantitative estimate of drug-likeness (QED) is 0.472. The van der Waals surface area contributed by atoms with E-state index >= 15 is 0 Å². The zero-order valence-corrected chi connectivity index (χ0v) is 6.19. The summed E-state index contributed by atoms with van der Waals surface area (Å²) < 4.78 is 3.51. The van der Waals surface area contributed by atoms with Crippen LogP contribution >= 0.6 is 11.5 Å². The minimum Gasteiger partial charge on any atom is -1.00 e. The molecule has 6 heavy (non-hydrogen) atoms. The Labute approximate surface area is 72.7 Å². The van der Waals surface area contributed by atoms with Gasteiger partial charge in [0.05, 0.1) is 6.20 Å². The summed E-state index contributed by atoms with van der Waals surface area (Å²) in [5.41, 5.74) is 0. The van der Waals surface area contributed by atoms with Crippen LogP contribution in [0.15, 0.2) is 11.6 Å². The van der Waals surface area contributed by atoms with Crippen LogP contribution in [0.1, 0.15) is 2.85 Å². The Morgan fingerprint density at radius 2 is 2.50 bits per heavy atom. The third kappa shape index (κ3) is 2.08. The van der Waals surface area contributed by atoms with E-state index in [1.54, 1.807) is 6.20 Å². The third-order valence-corrected chi connectivity index (χ3v) is 0.715. The van der Waals surface area contributed by atoms with Crippen molar-refractivity contribution in [3.63, 3.8) is 0 Å². The fraction of sp³-hybridized carbons (Fsp3) is 0. The van der Waals surface area contributed by atoms with Crippen molar-refractivity contribution in [3.8, 4) is 0 Å². The number of hydrogen-bond acceptors (Lipinski definition) is 3. The van der Waals surface area contributed by atoms with E-state index in [1.807, 2.05) is 5.38 Å². The molecule has 1 aromatic heterocycles. The van der Waals surface area contributed by atoms with Crippen molar-refractivity contribution in [2.24, 2.45) is 0 Å². The van der Waals surface area contributed by atoms with Gasteiger partial charge in [-0.25, -0.2) is 0 Å². The Hall–Kier alpha value is 0.820. The van der Waals surface area contributed by atoms with Crippen molar-refractivity contribution in [1.29, 1.82) is 0 Å². The zero-order chi connectivity index (χ0) is 3.54. The molecular formula is C2H4CaN2S. The molecule has 2 nitrogen and oxygen atoms in total. The largest absolute Gasteiger partial charge is 2.00 e. The van der Waals surface area contributed by atoms with Crippen LogP contribution < -0.4 is 0 Å². The molecule has 0 aliphatic rings. The summed E-state index contributed by atoms with van der Waals surface area (Å²) in [5.74, 6) is 0. The maximum Gasteiger partial charge on any atom is 2.00 e. The first-order valence-electron chi connectivity index (χ1n) is 1.21. The molecule has 0 aromatic carbocycles. The van der Waals surface area contributed by atoms with E-state index in [9.17, 15) is 0 Å². The van der Waals surface area contributed by atoms with Gasteiger partial charge in [-0.2, -0.15) is 0 Å². The minimum atomic E-state index is 0. The predicted molar refractivity (Wildman–Crippen MR) is 27.9 cm³/mol. The standard InChI is InChI=1S/C2H2N2S.Ca.2H/c1-2-5-4-3-1;;;/h1-2H;;;/q;+2;2*-1. The smallest absolute Gasteiger partial charge is 1.00 e. The number of hydrogen-bond donors (Lipinski definition) is 0. The topological polar surface area (TPSA) is 25.8 Å². The molecule has 0 N–H and O–H groups in total. The number of aromatic nitrogens is 2. The van der Waals surface area contributed by atoms with Crippen molar-refractivity contribution in [3.05, 3.63) is 11.6 Å². The van der Waals surface area contributed by atoms with E-state index in [0.29, 0.717) is 0 Å². The Morgan fingerprint density at radius 1 is 1.67 bits per heavy atom. The van der Waals surface area contributed by atoms with Gasteiger partial charge in [-0.05, 0) is 11.5 Å². The second-order valence-corrected chi connectivity index (χ2v) is 1.23. The molecule has 0 radical (unpaired) electrons. The molecule has 0 aliphatic heterocycles. The summed E-state index contributed by atoms with van der Waals surface area (Å²) in [6, 6.07) is 0. The molecule has 0 spiro atoms. The van der Waals surface area contributed by atoms with E-state index in [-0.39, 0.29) is 40.6 Å². The van der Waals surface area contributed by atoms with Crippen LogP contribution in [0.4, 0.5) is 0 Å². The van der Waals surface area contributed by atoms with Gasteiger partial charge in [0.25, 0.3) is 0 Å². The van der Waals surface area contributed by atoms with Crippen LogP contribution in [0.2, 0.25) is 0 Å². The van der Waals surface area contributed by atoms with E-state index in [1.165, 1.54) is 11.5 Å².